The second-order valence-corrected chi connectivity index (χ2v) is 9.56. The maximum absolute atomic E-state index is 6.41. The summed E-state index contributed by atoms with van der Waals surface area (Å²) in [6, 6.07) is 23.7. The Morgan fingerprint density at radius 2 is 1.79 bits per heavy atom. The van der Waals surface area contributed by atoms with Crippen LogP contribution in [0.1, 0.15) is 23.6 Å². The van der Waals surface area contributed by atoms with Crippen LogP contribution in [0.4, 0.5) is 0 Å². The van der Waals surface area contributed by atoms with Gasteiger partial charge in [-0.25, -0.2) is 9.66 Å². The lowest BCUT2D eigenvalue weighted by molar-refractivity contribution is 0.416. The molecule has 0 fully saturated rings. The fourth-order valence-electron chi connectivity index (χ4n) is 3.95. The smallest absolute Gasteiger partial charge is 0.210 e. The van der Waals surface area contributed by atoms with E-state index >= 15 is 0 Å². The topological polar surface area (TPSA) is 83.8 Å². The van der Waals surface area contributed by atoms with Crippen molar-refractivity contribution in [2.75, 3.05) is 13.0 Å². The molecule has 3 aromatic carbocycles. The summed E-state index contributed by atoms with van der Waals surface area (Å²) < 4.78 is 9.18. The van der Waals surface area contributed by atoms with Gasteiger partial charge in [-0.2, -0.15) is 0 Å². The molecule has 172 valence electrons. The highest BCUT2D eigenvalue weighted by molar-refractivity contribution is 7.99. The van der Waals surface area contributed by atoms with Crippen molar-refractivity contribution >= 4 is 34.4 Å². The summed E-state index contributed by atoms with van der Waals surface area (Å²) >= 11 is 7.76. The number of rotatable bonds is 7. The molecule has 0 amide bonds. The van der Waals surface area contributed by atoms with Gasteiger partial charge in [0.25, 0.3) is 0 Å². The Labute approximate surface area is 206 Å². The zero-order chi connectivity index (χ0) is 23.7. The molecule has 2 aromatic heterocycles. The van der Waals surface area contributed by atoms with Crippen molar-refractivity contribution in [2.24, 2.45) is 0 Å². The van der Waals surface area contributed by atoms with Crippen LogP contribution in [0.2, 0.25) is 5.02 Å². The molecule has 34 heavy (non-hydrogen) atoms. The van der Waals surface area contributed by atoms with Crippen LogP contribution in [0.5, 0.6) is 5.75 Å². The standard InChI is InChI=1S/C25H23ClN6OS/c1-16(34-25-30-29-24(32(25)27)19-10-6-7-11-22(19)33-2)23-28-20-14-18(26)12-13-21(20)31(23)15-17-8-4-3-5-9-17/h3-14,16H,15,27H2,1-2H3. The summed E-state index contributed by atoms with van der Waals surface area (Å²) in [6.07, 6.45) is 0. The highest BCUT2D eigenvalue weighted by Crippen LogP contribution is 2.37. The van der Waals surface area contributed by atoms with E-state index in [9.17, 15) is 0 Å². The van der Waals surface area contributed by atoms with E-state index in [0.717, 1.165) is 22.4 Å². The molecule has 9 heteroatoms. The number of nitrogens with two attached hydrogens (primary N) is 1. The predicted octanol–water partition coefficient (Wildman–Crippen LogP) is 5.57. The number of nitrogen functional groups attached to an aromatic ring is 1. The lowest BCUT2D eigenvalue weighted by Crippen LogP contribution is -2.13. The number of para-hydroxylation sites is 1. The first-order valence-corrected chi connectivity index (χ1v) is 12.0. The largest absolute Gasteiger partial charge is 0.496 e. The zero-order valence-electron chi connectivity index (χ0n) is 18.7. The Hall–Kier alpha value is -3.49. The van der Waals surface area contributed by atoms with E-state index in [0.29, 0.717) is 28.3 Å². The molecule has 0 saturated carbocycles. The molecule has 2 heterocycles. The summed E-state index contributed by atoms with van der Waals surface area (Å²) in [4.78, 5) is 4.93. The minimum Gasteiger partial charge on any atom is -0.496 e. The van der Waals surface area contributed by atoms with Crippen molar-refractivity contribution in [3.05, 3.63) is 89.2 Å². The fraction of sp³-hybridized carbons (Fsp3) is 0.160. The van der Waals surface area contributed by atoms with E-state index in [1.54, 1.807) is 7.11 Å². The summed E-state index contributed by atoms with van der Waals surface area (Å²) in [7, 11) is 1.62. The molecule has 2 N–H and O–H groups in total. The van der Waals surface area contributed by atoms with Crippen LogP contribution in [-0.4, -0.2) is 31.5 Å². The first-order valence-electron chi connectivity index (χ1n) is 10.8. The Morgan fingerprint density at radius 3 is 2.59 bits per heavy atom. The second-order valence-electron chi connectivity index (χ2n) is 7.81. The van der Waals surface area contributed by atoms with Gasteiger partial charge in [-0.15, -0.1) is 10.2 Å². The fourth-order valence-corrected chi connectivity index (χ4v) is 5.00. The lowest BCUT2D eigenvalue weighted by Gasteiger charge is -2.14. The van der Waals surface area contributed by atoms with Crippen LogP contribution in [0.25, 0.3) is 22.4 Å². The number of fused-ring (bicyclic) bond motifs is 1. The first-order chi connectivity index (χ1) is 16.5. The number of halogens is 1. The lowest BCUT2D eigenvalue weighted by atomic mass is 10.2. The van der Waals surface area contributed by atoms with Gasteiger partial charge >= 0.3 is 0 Å². The Balaban J connectivity index is 1.50. The third kappa shape index (κ3) is 4.22. The molecule has 0 saturated heterocycles. The molecular formula is C25H23ClN6OS. The number of imidazole rings is 1. The van der Waals surface area contributed by atoms with Crippen molar-refractivity contribution < 1.29 is 4.74 Å². The molecule has 1 atom stereocenters. The van der Waals surface area contributed by atoms with Crippen LogP contribution < -0.4 is 10.6 Å². The molecule has 0 aliphatic carbocycles. The van der Waals surface area contributed by atoms with Crippen LogP contribution >= 0.6 is 23.4 Å². The van der Waals surface area contributed by atoms with Crippen molar-refractivity contribution in [3.8, 4) is 17.1 Å². The van der Waals surface area contributed by atoms with Crippen molar-refractivity contribution in [2.45, 2.75) is 23.9 Å². The molecular weight excluding hydrogens is 468 g/mol. The van der Waals surface area contributed by atoms with E-state index < -0.39 is 0 Å². The molecule has 0 radical (unpaired) electrons. The summed E-state index contributed by atoms with van der Waals surface area (Å²) in [5.74, 6) is 8.55. The normalized spacial score (nSPS) is 12.2. The molecule has 1 unspecified atom stereocenters. The van der Waals surface area contributed by atoms with Gasteiger partial charge in [0.1, 0.15) is 11.6 Å². The van der Waals surface area contributed by atoms with E-state index in [1.165, 1.54) is 22.0 Å². The van der Waals surface area contributed by atoms with Crippen LogP contribution in [0, 0.1) is 0 Å². The average Bonchev–Trinajstić information content (AvgIpc) is 3.39. The van der Waals surface area contributed by atoms with Crippen LogP contribution in [0.15, 0.2) is 78.0 Å². The van der Waals surface area contributed by atoms with Crippen LogP contribution in [0.3, 0.4) is 0 Å². The second kappa shape index (κ2) is 9.40. The SMILES string of the molecule is COc1ccccc1-c1nnc(SC(C)c2nc3cc(Cl)ccc3n2Cc2ccccc2)n1N. The number of hydrogen-bond donors (Lipinski definition) is 1. The summed E-state index contributed by atoms with van der Waals surface area (Å²) in [5.41, 5.74) is 3.86. The van der Waals surface area contributed by atoms with E-state index in [4.69, 9.17) is 27.2 Å². The third-order valence-electron chi connectivity index (χ3n) is 5.58. The maximum atomic E-state index is 6.41. The number of ether oxygens (including phenoxy) is 1. The van der Waals surface area contributed by atoms with Gasteiger partial charge in [-0.1, -0.05) is 65.8 Å². The molecule has 0 aliphatic rings. The van der Waals surface area contributed by atoms with Gasteiger partial charge in [-0.05, 0) is 42.8 Å². The molecule has 7 nitrogen and oxygen atoms in total. The number of nitrogens with zero attached hydrogens (tertiary/aromatic N) is 5. The molecule has 0 bridgehead atoms. The van der Waals surface area contributed by atoms with Gasteiger partial charge in [0.2, 0.25) is 5.16 Å². The van der Waals surface area contributed by atoms with E-state index in [2.05, 4.69) is 33.8 Å². The number of benzene rings is 3. The maximum Gasteiger partial charge on any atom is 0.210 e. The first kappa shape index (κ1) is 22.3. The number of hydrogen-bond acceptors (Lipinski definition) is 6. The Kier molecular flexibility index (Phi) is 6.17. The predicted molar refractivity (Wildman–Crippen MR) is 137 cm³/mol. The monoisotopic (exact) mass is 490 g/mol. The third-order valence-corrected chi connectivity index (χ3v) is 6.87. The minimum atomic E-state index is -0.0492. The summed E-state index contributed by atoms with van der Waals surface area (Å²) in [6.45, 7) is 2.79. The van der Waals surface area contributed by atoms with Crippen molar-refractivity contribution in [1.82, 2.24) is 24.4 Å². The van der Waals surface area contributed by atoms with E-state index in [1.807, 2.05) is 60.7 Å². The van der Waals surface area contributed by atoms with Crippen LogP contribution in [-0.2, 0) is 6.54 Å². The average molecular weight is 491 g/mol. The quantitative estimate of drug-likeness (QED) is 0.237. The van der Waals surface area contributed by atoms with Gasteiger partial charge in [0.05, 0.1) is 29.0 Å². The van der Waals surface area contributed by atoms with Gasteiger partial charge in [-0.3, -0.25) is 0 Å². The number of methoxy groups -OCH3 is 1. The van der Waals surface area contributed by atoms with Gasteiger partial charge in [0.15, 0.2) is 5.82 Å². The van der Waals surface area contributed by atoms with Crippen molar-refractivity contribution in [3.63, 3.8) is 0 Å². The van der Waals surface area contributed by atoms with Gasteiger partial charge in [0, 0.05) is 11.6 Å². The summed E-state index contributed by atoms with van der Waals surface area (Å²) in [5, 5.41) is 9.88. The minimum absolute atomic E-state index is 0.0492. The van der Waals surface area contributed by atoms with Gasteiger partial charge < -0.3 is 15.1 Å². The highest BCUT2D eigenvalue weighted by atomic mass is 35.5. The molecule has 0 spiro atoms. The Bertz CT molecular complexity index is 1450. The number of thioether (sulfide) groups is 1. The highest BCUT2D eigenvalue weighted by Gasteiger charge is 2.22. The van der Waals surface area contributed by atoms with E-state index in [-0.39, 0.29) is 5.25 Å². The Morgan fingerprint density at radius 1 is 1.03 bits per heavy atom. The molecule has 5 aromatic rings. The molecule has 5 rings (SSSR count). The van der Waals surface area contributed by atoms with Crippen molar-refractivity contribution in [1.29, 1.82) is 0 Å². The number of aromatic nitrogens is 5. The molecule has 0 aliphatic heterocycles. The zero-order valence-corrected chi connectivity index (χ0v) is 20.3.